The van der Waals surface area contributed by atoms with E-state index < -0.39 is 5.97 Å². The second kappa shape index (κ2) is 5.61. The molecule has 0 amide bonds. The second-order valence-electron chi connectivity index (χ2n) is 4.82. The number of hydrogen-bond acceptors (Lipinski definition) is 3. The second-order valence-corrected chi connectivity index (χ2v) is 5.25. The minimum absolute atomic E-state index is 0.245. The predicted octanol–water partition coefficient (Wildman–Crippen LogP) is 3.59. The number of carbonyl (C=O) groups is 1. The fourth-order valence-corrected chi connectivity index (χ4v) is 2.18. The SMILES string of the molecule is Cc1ccc(-c2nc(C(=O)O)nn2-c2ccc(Cl)cc2)cc1. The smallest absolute Gasteiger partial charge is 0.375 e. The fraction of sp³-hybridized carbons (Fsp3) is 0.0625. The first-order chi connectivity index (χ1) is 10.5. The number of hydrogen-bond donors (Lipinski definition) is 1. The van der Waals surface area contributed by atoms with Crippen LogP contribution in [0, 0.1) is 6.92 Å². The van der Waals surface area contributed by atoms with E-state index in [1.165, 1.54) is 4.68 Å². The van der Waals surface area contributed by atoms with Gasteiger partial charge in [-0.3, -0.25) is 0 Å². The maximum absolute atomic E-state index is 11.2. The Morgan fingerprint density at radius 3 is 2.32 bits per heavy atom. The third kappa shape index (κ3) is 2.71. The van der Waals surface area contributed by atoms with Gasteiger partial charge in [-0.25, -0.2) is 14.5 Å². The molecule has 0 radical (unpaired) electrons. The Bertz CT molecular complexity index is 761. The number of halogens is 1. The summed E-state index contributed by atoms with van der Waals surface area (Å²) >= 11 is 5.89. The van der Waals surface area contributed by atoms with Gasteiger partial charge in [0.25, 0.3) is 5.82 Å². The Morgan fingerprint density at radius 2 is 1.73 bits per heavy atom. The van der Waals surface area contributed by atoms with Crippen molar-refractivity contribution in [1.29, 1.82) is 0 Å². The van der Waals surface area contributed by atoms with Crippen molar-refractivity contribution < 1.29 is 9.90 Å². The topological polar surface area (TPSA) is 68.0 Å². The maximum Gasteiger partial charge on any atom is 0.375 e. The van der Waals surface area contributed by atoms with E-state index in [1.807, 2.05) is 31.2 Å². The lowest BCUT2D eigenvalue weighted by Crippen LogP contribution is -2.02. The summed E-state index contributed by atoms with van der Waals surface area (Å²) in [5.41, 5.74) is 2.60. The number of rotatable bonds is 3. The van der Waals surface area contributed by atoms with E-state index in [-0.39, 0.29) is 5.82 Å². The van der Waals surface area contributed by atoms with Gasteiger partial charge in [0.15, 0.2) is 5.82 Å². The Kier molecular flexibility index (Phi) is 3.65. The summed E-state index contributed by atoms with van der Waals surface area (Å²) in [7, 11) is 0. The summed E-state index contributed by atoms with van der Waals surface area (Å²) in [4.78, 5) is 15.3. The molecule has 3 aromatic rings. The van der Waals surface area contributed by atoms with Crippen LogP contribution in [0.3, 0.4) is 0 Å². The number of carboxylic acid groups (broad SMARTS) is 1. The highest BCUT2D eigenvalue weighted by Crippen LogP contribution is 2.22. The third-order valence-electron chi connectivity index (χ3n) is 3.18. The summed E-state index contributed by atoms with van der Waals surface area (Å²) in [5.74, 6) is -0.939. The first kappa shape index (κ1) is 14.3. The molecule has 3 rings (SSSR count). The van der Waals surface area contributed by atoms with Crippen molar-refractivity contribution in [2.45, 2.75) is 6.92 Å². The molecule has 5 nitrogen and oxygen atoms in total. The minimum atomic E-state index is -1.17. The molecule has 2 aromatic carbocycles. The minimum Gasteiger partial charge on any atom is -0.475 e. The van der Waals surface area contributed by atoms with Crippen molar-refractivity contribution in [3.8, 4) is 17.1 Å². The van der Waals surface area contributed by atoms with Gasteiger partial charge < -0.3 is 5.11 Å². The highest BCUT2D eigenvalue weighted by Gasteiger charge is 2.17. The lowest BCUT2D eigenvalue weighted by molar-refractivity contribution is 0.0683. The normalized spacial score (nSPS) is 10.6. The summed E-state index contributed by atoms with van der Waals surface area (Å²) in [6.45, 7) is 1.98. The zero-order valence-electron chi connectivity index (χ0n) is 11.7. The van der Waals surface area contributed by atoms with Crippen LogP contribution >= 0.6 is 11.6 Å². The van der Waals surface area contributed by atoms with Gasteiger partial charge in [-0.15, -0.1) is 5.10 Å². The van der Waals surface area contributed by atoms with E-state index in [0.29, 0.717) is 16.5 Å². The molecule has 0 aliphatic heterocycles. The molecule has 0 saturated carbocycles. The van der Waals surface area contributed by atoms with Crippen LogP contribution in [0.2, 0.25) is 5.02 Å². The van der Waals surface area contributed by atoms with E-state index in [0.717, 1.165) is 11.1 Å². The highest BCUT2D eigenvalue weighted by atomic mass is 35.5. The van der Waals surface area contributed by atoms with Crippen LogP contribution in [0.1, 0.15) is 16.2 Å². The molecule has 1 heterocycles. The number of aryl methyl sites for hydroxylation is 1. The van der Waals surface area contributed by atoms with Gasteiger partial charge in [0, 0.05) is 10.6 Å². The molecule has 0 aliphatic rings. The number of nitrogens with zero attached hydrogens (tertiary/aromatic N) is 3. The quantitative estimate of drug-likeness (QED) is 0.802. The summed E-state index contributed by atoms with van der Waals surface area (Å²) < 4.78 is 1.50. The van der Waals surface area contributed by atoms with Gasteiger partial charge in [-0.05, 0) is 31.2 Å². The zero-order chi connectivity index (χ0) is 15.7. The molecule has 110 valence electrons. The predicted molar refractivity (Wildman–Crippen MR) is 83.5 cm³/mol. The summed E-state index contributed by atoms with van der Waals surface area (Å²) in [6, 6.07) is 14.6. The summed E-state index contributed by atoms with van der Waals surface area (Å²) in [6.07, 6.45) is 0. The fourth-order valence-electron chi connectivity index (χ4n) is 2.05. The molecule has 0 fully saturated rings. The first-order valence-electron chi connectivity index (χ1n) is 6.58. The van der Waals surface area contributed by atoms with Crippen LogP contribution in [0.4, 0.5) is 0 Å². The van der Waals surface area contributed by atoms with E-state index in [2.05, 4.69) is 10.1 Å². The van der Waals surface area contributed by atoms with E-state index >= 15 is 0 Å². The van der Waals surface area contributed by atoms with Gasteiger partial charge >= 0.3 is 5.97 Å². The van der Waals surface area contributed by atoms with Crippen LogP contribution in [-0.2, 0) is 0 Å². The number of benzene rings is 2. The molecular formula is C16H12ClN3O2. The van der Waals surface area contributed by atoms with Gasteiger partial charge in [0.05, 0.1) is 5.69 Å². The molecule has 0 saturated heterocycles. The largest absolute Gasteiger partial charge is 0.475 e. The van der Waals surface area contributed by atoms with Gasteiger partial charge in [-0.2, -0.15) is 0 Å². The molecular weight excluding hydrogens is 302 g/mol. The molecule has 0 spiro atoms. The summed E-state index contributed by atoms with van der Waals surface area (Å²) in [5, 5.41) is 13.8. The molecule has 0 aliphatic carbocycles. The number of aromatic carboxylic acids is 1. The van der Waals surface area contributed by atoms with Crippen molar-refractivity contribution in [1.82, 2.24) is 14.8 Å². The van der Waals surface area contributed by atoms with Gasteiger partial charge in [0.2, 0.25) is 0 Å². The van der Waals surface area contributed by atoms with Crippen LogP contribution in [0.5, 0.6) is 0 Å². The molecule has 0 bridgehead atoms. The maximum atomic E-state index is 11.2. The van der Waals surface area contributed by atoms with Crippen LogP contribution in [-0.4, -0.2) is 25.8 Å². The van der Waals surface area contributed by atoms with Crippen LogP contribution < -0.4 is 0 Å². The zero-order valence-corrected chi connectivity index (χ0v) is 12.4. The van der Waals surface area contributed by atoms with Crippen LogP contribution in [0.25, 0.3) is 17.1 Å². The average molecular weight is 314 g/mol. The van der Waals surface area contributed by atoms with Gasteiger partial charge in [-0.1, -0.05) is 41.4 Å². The Morgan fingerprint density at radius 1 is 1.09 bits per heavy atom. The molecule has 0 atom stereocenters. The van der Waals surface area contributed by atoms with E-state index in [9.17, 15) is 4.79 Å². The standard InChI is InChI=1S/C16H12ClN3O2/c1-10-2-4-11(5-3-10)15-18-14(16(21)22)19-20(15)13-8-6-12(17)7-9-13/h2-9H,1H3,(H,21,22). The Hall–Kier alpha value is -2.66. The monoisotopic (exact) mass is 313 g/mol. The number of carboxylic acids is 1. The van der Waals surface area contributed by atoms with Gasteiger partial charge in [0.1, 0.15) is 0 Å². The molecule has 0 unspecified atom stereocenters. The molecule has 6 heteroatoms. The van der Waals surface area contributed by atoms with Crippen LogP contribution in [0.15, 0.2) is 48.5 Å². The van der Waals surface area contributed by atoms with Crippen molar-refractivity contribution in [3.05, 3.63) is 64.9 Å². The number of aromatic nitrogens is 3. The van der Waals surface area contributed by atoms with E-state index in [1.54, 1.807) is 24.3 Å². The Labute approximate surface area is 131 Å². The lowest BCUT2D eigenvalue weighted by Gasteiger charge is -2.06. The lowest BCUT2D eigenvalue weighted by atomic mass is 10.1. The van der Waals surface area contributed by atoms with Crippen molar-refractivity contribution in [2.75, 3.05) is 0 Å². The van der Waals surface area contributed by atoms with E-state index in [4.69, 9.17) is 16.7 Å². The van der Waals surface area contributed by atoms with Crippen molar-refractivity contribution >= 4 is 17.6 Å². The molecule has 1 aromatic heterocycles. The highest BCUT2D eigenvalue weighted by molar-refractivity contribution is 6.30. The molecule has 22 heavy (non-hydrogen) atoms. The van der Waals surface area contributed by atoms with Crippen molar-refractivity contribution in [3.63, 3.8) is 0 Å². The van der Waals surface area contributed by atoms with Crippen molar-refractivity contribution in [2.24, 2.45) is 0 Å². The average Bonchev–Trinajstić information content (AvgIpc) is 2.94. The third-order valence-corrected chi connectivity index (χ3v) is 3.43. The molecule has 1 N–H and O–H groups in total. The first-order valence-corrected chi connectivity index (χ1v) is 6.96. The Balaban J connectivity index is 2.17.